The number of halogens is 3. The number of hydrogen-bond donors (Lipinski definition) is 4. The number of nitrogens with zero attached hydrogens (tertiary/aromatic N) is 2. The quantitative estimate of drug-likeness (QED) is 0.274. The van der Waals surface area contributed by atoms with Crippen LogP contribution in [0.3, 0.4) is 0 Å². The average molecular weight is 483 g/mol. The van der Waals surface area contributed by atoms with Crippen molar-refractivity contribution in [3.63, 3.8) is 0 Å². The molecule has 0 radical (unpaired) electrons. The first-order chi connectivity index (χ1) is 15.6. The van der Waals surface area contributed by atoms with Crippen molar-refractivity contribution in [3.8, 4) is 0 Å². The van der Waals surface area contributed by atoms with Gasteiger partial charge >= 0.3 is 6.18 Å². The van der Waals surface area contributed by atoms with E-state index < -0.39 is 24.2 Å². The number of rotatable bonds is 6. The maximum atomic E-state index is 13.9. The molecule has 1 aromatic carbocycles. The van der Waals surface area contributed by atoms with Gasteiger partial charge in [0.15, 0.2) is 16.8 Å². The molecular weight excluding hydrogens is 453 g/mol. The van der Waals surface area contributed by atoms with E-state index in [9.17, 15) is 18.0 Å². The van der Waals surface area contributed by atoms with Gasteiger partial charge in [-0.05, 0) is 35.7 Å². The summed E-state index contributed by atoms with van der Waals surface area (Å²) in [5.41, 5.74) is 6.62. The molecule has 33 heavy (non-hydrogen) atoms. The van der Waals surface area contributed by atoms with Gasteiger partial charge in [-0.15, -0.1) is 0 Å². The Hall–Kier alpha value is -2.82. The fourth-order valence-electron chi connectivity index (χ4n) is 3.62. The van der Waals surface area contributed by atoms with Crippen molar-refractivity contribution in [2.24, 2.45) is 0 Å². The fourth-order valence-corrected chi connectivity index (χ4v) is 3.77. The normalized spacial score (nSPS) is 17.8. The Morgan fingerprint density at radius 3 is 2.58 bits per heavy atom. The largest absolute Gasteiger partial charge is 0.410 e. The first kappa shape index (κ1) is 24.8. The second-order valence-corrected chi connectivity index (χ2v) is 8.77. The maximum Gasteiger partial charge on any atom is 0.410 e. The van der Waals surface area contributed by atoms with Gasteiger partial charge in [0.05, 0.1) is 6.04 Å². The lowest BCUT2D eigenvalue weighted by molar-refractivity contribution is -0.173. The van der Waals surface area contributed by atoms with Crippen LogP contribution in [-0.4, -0.2) is 33.5 Å². The van der Waals surface area contributed by atoms with E-state index in [-0.39, 0.29) is 23.0 Å². The summed E-state index contributed by atoms with van der Waals surface area (Å²) in [6.07, 6.45) is -2.85. The minimum Gasteiger partial charge on any atom is -0.363 e. The number of carbonyl (C=O) groups excluding carboxylic acids is 1. The maximum absolute atomic E-state index is 13.9. The first-order valence-corrected chi connectivity index (χ1v) is 11.4. The zero-order valence-electron chi connectivity index (χ0n) is 18.8. The molecular formula is C22H29F3N6OS. The number of hydrazine groups is 1. The summed E-state index contributed by atoms with van der Waals surface area (Å²) in [6.45, 7) is 6.80. The molecule has 0 saturated heterocycles. The summed E-state index contributed by atoms with van der Waals surface area (Å²) in [4.78, 5) is 12.5. The van der Waals surface area contributed by atoms with E-state index in [4.69, 9.17) is 12.2 Å². The zero-order valence-corrected chi connectivity index (χ0v) is 19.6. The molecule has 7 nitrogen and oxygen atoms in total. The number of nitrogens with one attached hydrogen (secondary N) is 4. The van der Waals surface area contributed by atoms with Crippen molar-refractivity contribution in [1.82, 2.24) is 25.9 Å². The number of fused-ring (bicyclic) bond motifs is 1. The molecule has 3 rings (SSSR count). The fraction of sp³-hybridized carbons (Fsp3) is 0.500. The van der Waals surface area contributed by atoms with E-state index in [1.165, 1.54) is 6.07 Å². The number of alkyl halides is 3. The van der Waals surface area contributed by atoms with E-state index in [1.54, 1.807) is 0 Å². The zero-order chi connectivity index (χ0) is 24.2. The third-order valence-corrected chi connectivity index (χ3v) is 5.78. The van der Waals surface area contributed by atoms with Crippen molar-refractivity contribution in [2.75, 3.05) is 11.9 Å². The monoisotopic (exact) mass is 482 g/mol. The van der Waals surface area contributed by atoms with E-state index in [1.807, 2.05) is 31.2 Å². The van der Waals surface area contributed by atoms with Crippen LogP contribution < -0.4 is 21.5 Å². The molecule has 2 atom stereocenters. The van der Waals surface area contributed by atoms with Gasteiger partial charge in [-0.25, -0.2) is 4.68 Å². The first-order valence-electron chi connectivity index (χ1n) is 11.0. The molecule has 4 N–H and O–H groups in total. The van der Waals surface area contributed by atoms with E-state index >= 15 is 0 Å². The van der Waals surface area contributed by atoms with Crippen LogP contribution >= 0.6 is 12.2 Å². The van der Waals surface area contributed by atoms with Gasteiger partial charge in [-0.2, -0.15) is 18.3 Å². The molecule has 1 aliphatic heterocycles. The highest BCUT2D eigenvalue weighted by Crippen LogP contribution is 2.43. The number of hydrogen-bond acceptors (Lipinski definition) is 4. The van der Waals surface area contributed by atoms with Crippen molar-refractivity contribution in [3.05, 3.63) is 47.2 Å². The molecule has 1 amide bonds. The molecule has 2 heterocycles. The summed E-state index contributed by atoms with van der Waals surface area (Å²) < 4.78 is 42.4. The minimum atomic E-state index is -4.52. The molecule has 0 fully saturated rings. The Morgan fingerprint density at radius 1 is 1.27 bits per heavy atom. The summed E-state index contributed by atoms with van der Waals surface area (Å²) in [5.74, 6) is -0.223. The lowest BCUT2D eigenvalue weighted by Gasteiger charge is -2.33. The number of carbonyl (C=O) groups is 1. The van der Waals surface area contributed by atoms with Gasteiger partial charge in [0.25, 0.3) is 5.91 Å². The molecule has 11 heteroatoms. The Balaban J connectivity index is 1.76. The highest BCUT2D eigenvalue weighted by Gasteiger charge is 2.46. The minimum absolute atomic E-state index is 0.135. The molecule has 0 saturated carbocycles. The second kappa shape index (κ2) is 10.4. The number of unbranched alkanes of at least 4 members (excludes halogenated alkanes) is 1. The van der Waals surface area contributed by atoms with Crippen LogP contribution in [0.1, 0.15) is 79.7 Å². The van der Waals surface area contributed by atoms with Gasteiger partial charge in [-0.3, -0.25) is 15.6 Å². The van der Waals surface area contributed by atoms with Crippen molar-refractivity contribution >= 4 is 29.1 Å². The lowest BCUT2D eigenvalue weighted by atomic mass is 9.94. The number of benzene rings is 1. The summed E-state index contributed by atoms with van der Waals surface area (Å²) in [5, 5.41) is 10.2. The van der Waals surface area contributed by atoms with Gasteiger partial charge in [0.2, 0.25) is 0 Å². The topological polar surface area (TPSA) is 83.0 Å². The van der Waals surface area contributed by atoms with Crippen LogP contribution in [0.2, 0.25) is 0 Å². The van der Waals surface area contributed by atoms with E-state index in [0.29, 0.717) is 12.5 Å². The molecule has 180 valence electrons. The summed E-state index contributed by atoms with van der Waals surface area (Å²) in [6, 6.07) is 6.45. The van der Waals surface area contributed by atoms with Crippen LogP contribution in [-0.2, 0) is 0 Å². The molecule has 0 spiro atoms. The van der Waals surface area contributed by atoms with Crippen LogP contribution in [0, 0.1) is 0 Å². The highest BCUT2D eigenvalue weighted by atomic mass is 32.1. The Kier molecular flexibility index (Phi) is 7.83. The molecule has 0 bridgehead atoms. The Bertz CT molecular complexity index is 974. The summed E-state index contributed by atoms with van der Waals surface area (Å²) in [7, 11) is 0. The number of anilines is 1. The molecule has 1 aliphatic rings. The third-order valence-electron chi connectivity index (χ3n) is 5.53. The number of aromatic nitrogens is 2. The van der Waals surface area contributed by atoms with Crippen LogP contribution in [0.25, 0.3) is 0 Å². The van der Waals surface area contributed by atoms with Gasteiger partial charge in [-0.1, -0.05) is 51.5 Å². The van der Waals surface area contributed by atoms with E-state index in [0.717, 1.165) is 28.7 Å². The predicted molar refractivity (Wildman–Crippen MR) is 125 cm³/mol. The van der Waals surface area contributed by atoms with Gasteiger partial charge < -0.3 is 10.6 Å². The van der Waals surface area contributed by atoms with Crippen molar-refractivity contribution < 1.29 is 18.0 Å². The predicted octanol–water partition coefficient (Wildman–Crippen LogP) is 4.58. The third kappa shape index (κ3) is 6.16. The molecule has 0 unspecified atom stereocenters. The van der Waals surface area contributed by atoms with Gasteiger partial charge in [0.1, 0.15) is 5.82 Å². The smallest absolute Gasteiger partial charge is 0.363 e. The molecule has 1 aromatic heterocycles. The second-order valence-electron chi connectivity index (χ2n) is 8.36. The summed E-state index contributed by atoms with van der Waals surface area (Å²) >= 11 is 5.06. The number of thiocarbonyl (C=S) groups is 1. The molecule has 0 aliphatic carbocycles. The average Bonchev–Trinajstić information content (AvgIpc) is 3.20. The highest BCUT2D eigenvalue weighted by molar-refractivity contribution is 7.80. The lowest BCUT2D eigenvalue weighted by Crippen LogP contribution is -2.47. The van der Waals surface area contributed by atoms with Crippen molar-refractivity contribution in [2.45, 2.75) is 64.2 Å². The standard InChI is InChI=1S/C22H29F3N6OS/c1-4-5-10-26-21(33)29-28-20(32)17-12-19-27-16(11-18(22(23,24)25)31(19)30-17)15-8-6-14(7-9-15)13(2)3/h6-9,12-13,16,18,27H,4-5,10-11H2,1-3H3,(H,28,32)(H2,26,29,33)/t16-,18+/m1/s1. The van der Waals surface area contributed by atoms with Crippen LogP contribution in [0.15, 0.2) is 30.3 Å². The number of amides is 1. The Morgan fingerprint density at radius 2 is 1.97 bits per heavy atom. The molecule has 2 aromatic rings. The Labute approximate surface area is 196 Å². The van der Waals surface area contributed by atoms with Crippen LogP contribution in [0.5, 0.6) is 0 Å². The van der Waals surface area contributed by atoms with Gasteiger partial charge in [0, 0.05) is 19.0 Å². The van der Waals surface area contributed by atoms with Crippen molar-refractivity contribution in [1.29, 1.82) is 0 Å². The van der Waals surface area contributed by atoms with E-state index in [2.05, 4.69) is 40.4 Å². The van der Waals surface area contributed by atoms with Crippen LogP contribution in [0.4, 0.5) is 19.0 Å². The SMILES string of the molecule is CCCCNC(=S)NNC(=O)c1cc2n(n1)[C@H](C(F)(F)F)C[C@H](c1ccc(C(C)C)cc1)N2.